The summed E-state index contributed by atoms with van der Waals surface area (Å²) in [4.78, 5) is 4.26. The van der Waals surface area contributed by atoms with Gasteiger partial charge in [-0.3, -0.25) is 0 Å². The fraction of sp³-hybridized carbons (Fsp3) is 0.333. The van der Waals surface area contributed by atoms with Gasteiger partial charge in [0.2, 0.25) is 0 Å². The molecule has 33 heavy (non-hydrogen) atoms. The van der Waals surface area contributed by atoms with Crippen LogP contribution in [0, 0.1) is 17.0 Å². The fourth-order valence-corrected chi connectivity index (χ4v) is 4.61. The molecule has 10 nitrogen and oxygen atoms in total. The van der Waals surface area contributed by atoms with E-state index in [4.69, 9.17) is 5.73 Å². The Bertz CT molecular complexity index is 1340. The predicted molar refractivity (Wildman–Crippen MR) is 114 cm³/mol. The third kappa shape index (κ3) is 3.25. The van der Waals surface area contributed by atoms with Crippen molar-refractivity contribution in [3.8, 4) is 28.3 Å². The summed E-state index contributed by atoms with van der Waals surface area (Å²) in [5.74, 6) is -1.79. The molecule has 1 atom stereocenters. The van der Waals surface area contributed by atoms with E-state index < -0.39 is 11.6 Å². The SMILES string of the molecule is Nc1ncc(-c2cn(C3CNCCC34CC4)nn2)cc1-c1nnnn1-c1cccc(F)c1F. The largest absolute Gasteiger partial charge is 0.383 e. The number of piperidine rings is 1. The van der Waals surface area contributed by atoms with Crippen LogP contribution in [0.5, 0.6) is 0 Å². The second-order valence-electron chi connectivity index (χ2n) is 8.56. The molecular weight excluding hydrogens is 430 g/mol. The van der Waals surface area contributed by atoms with E-state index in [1.165, 1.54) is 25.0 Å². The number of hydrogen-bond donors (Lipinski definition) is 2. The van der Waals surface area contributed by atoms with Gasteiger partial charge < -0.3 is 11.1 Å². The Morgan fingerprint density at radius 2 is 2.00 bits per heavy atom. The number of nitrogens with zero attached hydrogens (tertiary/aromatic N) is 8. The lowest BCUT2D eigenvalue weighted by atomic mass is 9.89. The van der Waals surface area contributed by atoms with Crippen LogP contribution in [0.1, 0.15) is 25.3 Å². The topological polar surface area (TPSA) is 125 Å². The predicted octanol–water partition coefficient (Wildman–Crippen LogP) is 2.16. The number of benzene rings is 1. The first-order valence-electron chi connectivity index (χ1n) is 10.7. The van der Waals surface area contributed by atoms with Crippen molar-refractivity contribution in [2.75, 3.05) is 18.8 Å². The highest BCUT2D eigenvalue weighted by molar-refractivity contribution is 5.75. The molecule has 1 aliphatic carbocycles. The lowest BCUT2D eigenvalue weighted by molar-refractivity contribution is 0.214. The van der Waals surface area contributed by atoms with Crippen molar-refractivity contribution < 1.29 is 8.78 Å². The number of tetrazole rings is 1. The van der Waals surface area contributed by atoms with Crippen LogP contribution in [-0.2, 0) is 0 Å². The lowest BCUT2D eigenvalue weighted by Gasteiger charge is -2.32. The molecule has 3 aromatic heterocycles. The van der Waals surface area contributed by atoms with Crippen LogP contribution in [0.3, 0.4) is 0 Å². The van der Waals surface area contributed by atoms with Crippen molar-refractivity contribution in [2.45, 2.75) is 25.3 Å². The molecule has 6 rings (SSSR count). The van der Waals surface area contributed by atoms with Gasteiger partial charge in [0.05, 0.1) is 17.8 Å². The first-order chi connectivity index (χ1) is 16.1. The van der Waals surface area contributed by atoms with E-state index in [-0.39, 0.29) is 23.4 Å². The molecule has 1 saturated heterocycles. The standard InChI is InChI=1S/C21H20F2N10/c22-14-2-1-3-16(18(14)23)33-20(28-29-31-33)13-8-12(9-26-19(13)24)15-11-32(30-27-15)17-10-25-7-6-21(17)4-5-21/h1-3,8-9,11,17,25H,4-7,10H2,(H2,24,26). The molecule has 1 spiro atoms. The minimum Gasteiger partial charge on any atom is -0.383 e. The number of anilines is 1. The summed E-state index contributed by atoms with van der Waals surface area (Å²) in [7, 11) is 0. The molecule has 4 heterocycles. The van der Waals surface area contributed by atoms with Crippen LogP contribution < -0.4 is 11.1 Å². The molecule has 0 radical (unpaired) electrons. The first-order valence-corrected chi connectivity index (χ1v) is 10.7. The van der Waals surface area contributed by atoms with Crippen LogP contribution in [0.25, 0.3) is 28.3 Å². The van der Waals surface area contributed by atoms with Crippen molar-refractivity contribution in [3.05, 3.63) is 48.3 Å². The van der Waals surface area contributed by atoms with Gasteiger partial charge in [-0.15, -0.1) is 10.2 Å². The normalized spacial score (nSPS) is 19.2. The molecule has 1 aliphatic heterocycles. The number of hydrogen-bond acceptors (Lipinski definition) is 8. The van der Waals surface area contributed by atoms with E-state index >= 15 is 0 Å². The van der Waals surface area contributed by atoms with Gasteiger partial charge in [-0.1, -0.05) is 11.3 Å². The van der Waals surface area contributed by atoms with E-state index in [1.54, 1.807) is 12.3 Å². The third-order valence-corrected chi connectivity index (χ3v) is 6.65. The highest BCUT2D eigenvalue weighted by Crippen LogP contribution is 2.57. The van der Waals surface area contributed by atoms with Crippen LogP contribution in [0.4, 0.5) is 14.6 Å². The average Bonchev–Trinajstić information content (AvgIpc) is 3.22. The van der Waals surface area contributed by atoms with Gasteiger partial charge in [-0.05, 0) is 59.8 Å². The van der Waals surface area contributed by atoms with Gasteiger partial charge in [0.15, 0.2) is 17.5 Å². The zero-order valence-electron chi connectivity index (χ0n) is 17.5. The monoisotopic (exact) mass is 450 g/mol. The van der Waals surface area contributed by atoms with Gasteiger partial charge >= 0.3 is 0 Å². The first kappa shape index (κ1) is 19.9. The number of rotatable bonds is 4. The van der Waals surface area contributed by atoms with Crippen molar-refractivity contribution >= 4 is 5.82 Å². The Morgan fingerprint density at radius 3 is 2.85 bits per heavy atom. The van der Waals surface area contributed by atoms with Gasteiger partial charge in [0.1, 0.15) is 17.2 Å². The van der Waals surface area contributed by atoms with Gasteiger partial charge in [0.25, 0.3) is 0 Å². The van der Waals surface area contributed by atoms with Crippen LogP contribution in [0.15, 0.2) is 36.7 Å². The fourth-order valence-electron chi connectivity index (χ4n) is 4.61. The minimum atomic E-state index is -1.06. The quantitative estimate of drug-likeness (QED) is 0.485. The van der Waals surface area contributed by atoms with E-state index in [9.17, 15) is 8.78 Å². The maximum Gasteiger partial charge on any atom is 0.190 e. The van der Waals surface area contributed by atoms with E-state index in [0.717, 1.165) is 30.3 Å². The third-order valence-electron chi connectivity index (χ3n) is 6.65. The molecule has 2 aliphatic rings. The second-order valence-corrected chi connectivity index (χ2v) is 8.56. The summed E-state index contributed by atoms with van der Waals surface area (Å²) in [5.41, 5.74) is 7.94. The highest BCUT2D eigenvalue weighted by Gasteiger charge is 2.51. The number of nitrogen functional groups attached to an aromatic ring is 1. The zero-order chi connectivity index (χ0) is 22.6. The number of halogens is 2. The molecule has 1 saturated carbocycles. The minimum absolute atomic E-state index is 0.132. The van der Waals surface area contributed by atoms with E-state index in [2.05, 4.69) is 36.1 Å². The van der Waals surface area contributed by atoms with Crippen molar-refractivity contribution in [3.63, 3.8) is 0 Å². The van der Waals surface area contributed by atoms with Gasteiger partial charge in [0, 0.05) is 18.3 Å². The zero-order valence-corrected chi connectivity index (χ0v) is 17.5. The molecule has 1 aromatic carbocycles. The van der Waals surface area contributed by atoms with Crippen molar-refractivity contribution in [1.82, 2.24) is 45.5 Å². The summed E-state index contributed by atoms with van der Waals surface area (Å²) in [6.07, 6.45) is 7.06. The molecule has 2 fully saturated rings. The molecule has 4 aromatic rings. The summed E-state index contributed by atoms with van der Waals surface area (Å²) in [6, 6.07) is 5.77. The van der Waals surface area contributed by atoms with Crippen molar-refractivity contribution in [1.29, 1.82) is 0 Å². The summed E-state index contributed by atoms with van der Waals surface area (Å²) < 4.78 is 31.2. The number of nitrogens with one attached hydrogen (secondary N) is 1. The summed E-state index contributed by atoms with van der Waals surface area (Å²) in [6.45, 7) is 1.89. The average molecular weight is 450 g/mol. The van der Waals surface area contributed by atoms with E-state index in [0.29, 0.717) is 22.2 Å². The maximum atomic E-state index is 14.4. The van der Waals surface area contributed by atoms with Gasteiger partial charge in [-0.25, -0.2) is 18.4 Å². The Labute approximate surface area is 186 Å². The molecule has 168 valence electrons. The summed E-state index contributed by atoms with van der Waals surface area (Å²) >= 11 is 0. The second kappa shape index (κ2) is 7.37. The maximum absolute atomic E-state index is 14.4. The van der Waals surface area contributed by atoms with E-state index in [1.807, 2.05) is 10.9 Å². The molecule has 12 heteroatoms. The Balaban J connectivity index is 1.38. The van der Waals surface area contributed by atoms with Crippen molar-refractivity contribution in [2.24, 2.45) is 5.41 Å². The molecule has 1 unspecified atom stereocenters. The summed E-state index contributed by atoms with van der Waals surface area (Å²) in [5, 5.41) is 23.6. The Hall–Kier alpha value is -3.80. The lowest BCUT2D eigenvalue weighted by Crippen LogP contribution is -2.39. The highest BCUT2D eigenvalue weighted by atomic mass is 19.2. The smallest absolute Gasteiger partial charge is 0.190 e. The van der Waals surface area contributed by atoms with Crippen LogP contribution in [0.2, 0.25) is 0 Å². The van der Waals surface area contributed by atoms with Crippen LogP contribution >= 0.6 is 0 Å². The molecule has 3 N–H and O–H groups in total. The Morgan fingerprint density at radius 1 is 1.12 bits per heavy atom. The number of nitrogens with two attached hydrogens (primary N) is 1. The number of aromatic nitrogens is 8. The molecule has 0 bridgehead atoms. The van der Waals surface area contributed by atoms with Gasteiger partial charge in [-0.2, -0.15) is 4.68 Å². The molecule has 0 amide bonds. The molecular formula is C21H20F2N10. The number of pyridine rings is 1. The van der Waals surface area contributed by atoms with Crippen LogP contribution in [-0.4, -0.2) is 53.3 Å². The Kier molecular flexibility index (Phi) is 4.43.